The van der Waals surface area contributed by atoms with Crippen molar-refractivity contribution in [1.29, 1.82) is 0 Å². The number of carbonyl (C=O) groups excluding carboxylic acids is 3. The van der Waals surface area contributed by atoms with E-state index in [1.54, 1.807) is 36.4 Å². The Balaban J connectivity index is 1.59. The van der Waals surface area contributed by atoms with Crippen molar-refractivity contribution in [2.75, 3.05) is 7.11 Å². The monoisotopic (exact) mass is 615 g/mol. The molecule has 0 heterocycles. The van der Waals surface area contributed by atoms with Crippen molar-refractivity contribution < 1.29 is 43.7 Å². The lowest BCUT2D eigenvalue weighted by Gasteiger charge is -2.45. The zero-order valence-corrected chi connectivity index (χ0v) is 24.0. The van der Waals surface area contributed by atoms with E-state index in [0.29, 0.717) is 10.6 Å². The van der Waals surface area contributed by atoms with Crippen molar-refractivity contribution in [2.45, 2.75) is 25.5 Å². The summed E-state index contributed by atoms with van der Waals surface area (Å²) >= 11 is 12.2. The summed E-state index contributed by atoms with van der Waals surface area (Å²) in [5.41, 5.74) is 0.895. The van der Waals surface area contributed by atoms with E-state index in [0.717, 1.165) is 17.9 Å². The highest BCUT2D eigenvalue weighted by Crippen LogP contribution is 2.47. The molecule has 4 atom stereocenters. The first-order valence-corrected chi connectivity index (χ1v) is 13.7. The molecule has 12 heteroatoms. The number of aliphatic carboxylic acids is 2. The minimum absolute atomic E-state index is 0.0812. The number of carboxylic acids is 2. The highest BCUT2D eigenvalue weighted by molar-refractivity contribution is 6.42. The number of carbonyl (C=O) groups is 5. The predicted octanol–water partition coefficient (Wildman–Crippen LogP) is 4.24. The van der Waals surface area contributed by atoms with Crippen LogP contribution < -0.4 is 5.32 Å². The van der Waals surface area contributed by atoms with E-state index in [2.05, 4.69) is 10.1 Å². The largest absolute Gasteiger partial charge is 0.481 e. The molecule has 3 aromatic carbocycles. The molecule has 1 aliphatic rings. The van der Waals surface area contributed by atoms with Gasteiger partial charge in [0.15, 0.2) is 0 Å². The van der Waals surface area contributed by atoms with Gasteiger partial charge < -0.3 is 25.0 Å². The Morgan fingerprint density at radius 3 is 2.07 bits per heavy atom. The van der Waals surface area contributed by atoms with Gasteiger partial charge in [-0.3, -0.25) is 19.2 Å². The van der Waals surface area contributed by atoms with Crippen molar-refractivity contribution in [3.63, 3.8) is 0 Å². The van der Waals surface area contributed by atoms with Gasteiger partial charge in [0.2, 0.25) is 5.91 Å². The molecule has 0 aliphatic heterocycles. The third-order valence-corrected chi connectivity index (χ3v) is 8.23. The second kappa shape index (κ2) is 12.8. The maximum absolute atomic E-state index is 13.3. The van der Waals surface area contributed by atoms with E-state index >= 15 is 0 Å². The Bertz CT molecular complexity index is 1540. The molecule has 0 spiro atoms. The summed E-state index contributed by atoms with van der Waals surface area (Å²) in [7, 11) is 1.01. The van der Waals surface area contributed by atoms with Crippen LogP contribution in [-0.2, 0) is 35.1 Å². The Morgan fingerprint density at radius 2 is 1.48 bits per heavy atom. The van der Waals surface area contributed by atoms with Gasteiger partial charge in [-0.2, -0.15) is 0 Å². The molecule has 1 amide bonds. The van der Waals surface area contributed by atoms with Gasteiger partial charge in [0.25, 0.3) is 0 Å². The minimum atomic E-state index is -1.61. The van der Waals surface area contributed by atoms with Crippen LogP contribution in [0.1, 0.15) is 22.8 Å². The summed E-state index contributed by atoms with van der Waals surface area (Å²) in [6.45, 7) is 1.54. The summed E-state index contributed by atoms with van der Waals surface area (Å²) in [6.07, 6.45) is -0.911. The molecular formula is C30H27Cl2NO9. The average Bonchev–Trinajstić information content (AvgIpc) is 2.93. The summed E-state index contributed by atoms with van der Waals surface area (Å²) < 4.78 is 10.4. The molecule has 0 radical (unpaired) electrons. The number of carboxylic acid groups (broad SMARTS) is 2. The second-order valence-electron chi connectivity index (χ2n) is 10.1. The van der Waals surface area contributed by atoms with E-state index in [1.807, 2.05) is 24.3 Å². The number of ether oxygens (including phenoxy) is 2. The van der Waals surface area contributed by atoms with Gasteiger partial charge in [0.05, 0.1) is 52.4 Å². The van der Waals surface area contributed by atoms with Crippen LogP contribution in [0.4, 0.5) is 0 Å². The molecule has 1 fully saturated rings. The number of rotatable bonds is 10. The summed E-state index contributed by atoms with van der Waals surface area (Å²) in [5, 5.41) is 24.3. The van der Waals surface area contributed by atoms with Crippen LogP contribution in [0.2, 0.25) is 10.0 Å². The summed E-state index contributed by atoms with van der Waals surface area (Å²) in [5.74, 6) is -12.0. The van der Waals surface area contributed by atoms with Gasteiger partial charge in [0, 0.05) is 6.42 Å². The molecule has 3 N–H and O–H groups in total. The zero-order chi connectivity index (χ0) is 30.7. The van der Waals surface area contributed by atoms with Crippen LogP contribution >= 0.6 is 23.2 Å². The number of methoxy groups -OCH3 is 1. The number of hydrogen-bond acceptors (Lipinski definition) is 7. The van der Waals surface area contributed by atoms with Crippen molar-refractivity contribution in [3.05, 3.63) is 81.8 Å². The fraction of sp³-hybridized carbons (Fsp3) is 0.300. The molecule has 0 aromatic heterocycles. The summed E-state index contributed by atoms with van der Waals surface area (Å²) in [6, 6.07) is 16.4. The van der Waals surface area contributed by atoms with Gasteiger partial charge in [-0.15, -0.1) is 0 Å². The Hall–Kier alpha value is -4.15. The summed E-state index contributed by atoms with van der Waals surface area (Å²) in [4.78, 5) is 62.6. The molecule has 1 saturated carbocycles. The van der Waals surface area contributed by atoms with E-state index in [-0.39, 0.29) is 17.0 Å². The number of nitrogens with one attached hydrogen (secondary N) is 1. The van der Waals surface area contributed by atoms with Gasteiger partial charge >= 0.3 is 23.9 Å². The number of fused-ring (bicyclic) bond motifs is 1. The molecule has 1 aliphatic carbocycles. The molecule has 0 bridgehead atoms. The minimum Gasteiger partial charge on any atom is -0.481 e. The third kappa shape index (κ3) is 6.34. The first-order chi connectivity index (χ1) is 19.9. The fourth-order valence-electron chi connectivity index (χ4n) is 5.27. The number of halogens is 2. The second-order valence-corrected chi connectivity index (χ2v) is 10.9. The molecule has 4 rings (SSSR count). The number of hydrogen-bond donors (Lipinski definition) is 3. The maximum Gasteiger partial charge on any atom is 0.338 e. The highest BCUT2D eigenvalue weighted by Gasteiger charge is 2.64. The molecule has 2 unspecified atom stereocenters. The molecule has 10 nitrogen and oxygen atoms in total. The Labute approximate surface area is 250 Å². The lowest BCUT2D eigenvalue weighted by Crippen LogP contribution is -2.63. The van der Waals surface area contributed by atoms with Gasteiger partial charge in [-0.25, -0.2) is 4.79 Å². The topological polar surface area (TPSA) is 156 Å². The lowest BCUT2D eigenvalue weighted by molar-refractivity contribution is -0.188. The zero-order valence-electron chi connectivity index (χ0n) is 22.5. The van der Waals surface area contributed by atoms with E-state index < -0.39 is 65.6 Å². The number of amides is 1. The van der Waals surface area contributed by atoms with Crippen LogP contribution in [0.15, 0.2) is 60.7 Å². The van der Waals surface area contributed by atoms with Crippen molar-refractivity contribution in [2.24, 2.45) is 23.7 Å². The average molecular weight is 616 g/mol. The Morgan fingerprint density at radius 1 is 0.833 bits per heavy atom. The molecular weight excluding hydrogens is 589 g/mol. The maximum atomic E-state index is 13.3. The van der Waals surface area contributed by atoms with E-state index in [9.17, 15) is 34.2 Å². The standard InChI is InChI=1S/C30H27Cl2NO9/c1-14(33-26(34)22-23(27(35)36)25(30(40)41-2)24(22)28(37)38)21(12-15-7-10-19(31)20(32)11-15)42-29(39)18-9-8-16-5-3-4-6-17(16)13-18/h3-11,13-14,21-25H,12H2,1-2H3,(H,33,34)(H,35,36)(H,37,38)/t14-,21-,22?,23?,24?,25?/m0/s1. The number of esters is 2. The lowest BCUT2D eigenvalue weighted by atomic mass is 9.56. The molecule has 220 valence electrons. The first-order valence-electron chi connectivity index (χ1n) is 12.9. The van der Waals surface area contributed by atoms with E-state index in [4.69, 9.17) is 27.9 Å². The van der Waals surface area contributed by atoms with Gasteiger partial charge in [-0.05, 0) is 47.5 Å². The van der Waals surface area contributed by atoms with Crippen molar-refractivity contribution in [1.82, 2.24) is 5.32 Å². The smallest absolute Gasteiger partial charge is 0.338 e. The van der Waals surface area contributed by atoms with Crippen LogP contribution in [0.3, 0.4) is 0 Å². The van der Waals surface area contributed by atoms with Crippen LogP contribution in [-0.4, -0.2) is 59.3 Å². The van der Waals surface area contributed by atoms with Gasteiger partial charge in [-0.1, -0.05) is 59.6 Å². The van der Waals surface area contributed by atoms with E-state index in [1.165, 1.54) is 6.92 Å². The fourth-order valence-corrected chi connectivity index (χ4v) is 5.59. The molecule has 0 saturated heterocycles. The predicted molar refractivity (Wildman–Crippen MR) is 152 cm³/mol. The quantitative estimate of drug-likeness (QED) is 0.284. The first kappa shape index (κ1) is 30.8. The molecule has 3 aromatic rings. The van der Waals surface area contributed by atoms with Crippen LogP contribution in [0, 0.1) is 23.7 Å². The number of benzene rings is 3. The van der Waals surface area contributed by atoms with Crippen molar-refractivity contribution >= 4 is 63.8 Å². The molecule has 42 heavy (non-hydrogen) atoms. The third-order valence-electron chi connectivity index (χ3n) is 7.49. The Kier molecular flexibility index (Phi) is 9.38. The van der Waals surface area contributed by atoms with Crippen LogP contribution in [0.25, 0.3) is 10.8 Å². The van der Waals surface area contributed by atoms with Crippen LogP contribution in [0.5, 0.6) is 0 Å². The SMILES string of the molecule is COC(=O)C1C(C(=O)O)C(C(=O)N[C@@H](C)[C@H](Cc2ccc(Cl)c(Cl)c2)OC(=O)c2ccc3ccccc3c2)C1C(=O)O. The highest BCUT2D eigenvalue weighted by atomic mass is 35.5. The normalized spacial score (nSPS) is 21.0. The van der Waals surface area contributed by atoms with Crippen molar-refractivity contribution in [3.8, 4) is 0 Å². The van der Waals surface area contributed by atoms with Gasteiger partial charge in [0.1, 0.15) is 6.10 Å².